The summed E-state index contributed by atoms with van der Waals surface area (Å²) in [4.78, 5) is 12.7. The normalized spacial score (nSPS) is 15.9. The summed E-state index contributed by atoms with van der Waals surface area (Å²) in [7, 11) is -4.08. The standard InChI is InChI=1S/C36H32O2P2/c37-40(31-21-9-3-10-22-31,32-23-11-4-12-24-32)36-28-16-14-26-34(36)38-33-25-13-15-27-35(33)39(29-17-5-1-6-18-29)30-19-7-2-8-20-30/h1-19,21-28,30,37,40H,20H2. The molecular formula is C36H32O2P2. The van der Waals surface area contributed by atoms with Crippen LogP contribution in [0.4, 0.5) is 0 Å². The average Bonchev–Trinajstić information content (AvgIpc) is 3.04. The summed E-state index contributed by atoms with van der Waals surface area (Å²) >= 11 is 0. The molecule has 2 atom stereocenters. The molecular weight excluding hydrogens is 526 g/mol. The number of benzene rings is 5. The minimum absolute atomic E-state index is 0.377. The first kappa shape index (κ1) is 26.4. The number of ether oxygens (including phenoxy) is 1. The van der Waals surface area contributed by atoms with Gasteiger partial charge in [-0.15, -0.1) is 0 Å². The van der Waals surface area contributed by atoms with Crippen molar-refractivity contribution in [1.82, 2.24) is 0 Å². The van der Waals surface area contributed by atoms with Gasteiger partial charge in [0.25, 0.3) is 0 Å². The van der Waals surface area contributed by atoms with E-state index in [9.17, 15) is 4.89 Å². The van der Waals surface area contributed by atoms with Crippen LogP contribution in [0.2, 0.25) is 0 Å². The van der Waals surface area contributed by atoms with Crippen LogP contribution < -0.4 is 31.3 Å². The molecule has 1 aliphatic carbocycles. The predicted octanol–water partition coefficient (Wildman–Crippen LogP) is 6.73. The second-order valence-corrected chi connectivity index (χ2v) is 15.3. The fourth-order valence-electron chi connectivity index (χ4n) is 5.41. The van der Waals surface area contributed by atoms with Crippen molar-refractivity contribution < 1.29 is 9.63 Å². The molecule has 4 heteroatoms. The first-order chi connectivity index (χ1) is 19.7. The van der Waals surface area contributed by atoms with Gasteiger partial charge in [-0.3, -0.25) is 0 Å². The maximum absolute atomic E-state index is 12.7. The van der Waals surface area contributed by atoms with Gasteiger partial charge in [0.2, 0.25) is 0 Å². The van der Waals surface area contributed by atoms with E-state index in [1.807, 2.05) is 91.0 Å². The molecule has 2 nitrogen and oxygen atoms in total. The first-order valence-corrected chi connectivity index (χ1v) is 17.0. The Morgan fingerprint density at radius 3 is 1.77 bits per heavy atom. The SMILES string of the molecule is O[PH](c1ccccc1)(c1ccccc1)c1ccccc1Oc1ccccc1P(c1ccccc1)C1C=CC=CC1. The van der Waals surface area contributed by atoms with Gasteiger partial charge in [0.15, 0.2) is 0 Å². The Bertz CT molecular complexity index is 1580. The molecule has 0 saturated carbocycles. The summed E-state index contributed by atoms with van der Waals surface area (Å²) in [6, 6.07) is 47.3. The zero-order valence-electron chi connectivity index (χ0n) is 22.2. The quantitative estimate of drug-likeness (QED) is 0.214. The van der Waals surface area contributed by atoms with Crippen LogP contribution in [-0.2, 0) is 0 Å². The van der Waals surface area contributed by atoms with Crippen LogP contribution in [0, 0.1) is 0 Å². The number of hydrogen-bond acceptors (Lipinski definition) is 2. The van der Waals surface area contributed by atoms with E-state index in [0.29, 0.717) is 11.4 Å². The average molecular weight is 559 g/mol. The van der Waals surface area contributed by atoms with Crippen LogP contribution in [0.1, 0.15) is 6.42 Å². The van der Waals surface area contributed by atoms with Crippen molar-refractivity contribution in [3.63, 3.8) is 0 Å². The van der Waals surface area contributed by atoms with Gasteiger partial charge in [0, 0.05) is 0 Å². The molecule has 6 rings (SSSR count). The summed E-state index contributed by atoms with van der Waals surface area (Å²) in [5, 5.41) is 5.22. The van der Waals surface area contributed by atoms with E-state index < -0.39 is 15.4 Å². The van der Waals surface area contributed by atoms with Crippen LogP contribution >= 0.6 is 15.4 Å². The molecule has 5 aromatic rings. The summed E-state index contributed by atoms with van der Waals surface area (Å²) in [5.41, 5.74) is 0.377. The fraction of sp³-hybridized carbons (Fsp3) is 0.0556. The van der Waals surface area contributed by atoms with E-state index in [4.69, 9.17) is 4.74 Å². The van der Waals surface area contributed by atoms with E-state index in [1.54, 1.807) is 0 Å². The summed E-state index contributed by atoms with van der Waals surface area (Å²) in [6.07, 6.45) is 9.88. The molecule has 1 aliphatic rings. The van der Waals surface area contributed by atoms with Crippen LogP contribution in [-0.4, -0.2) is 10.6 Å². The molecule has 0 spiro atoms. The first-order valence-electron chi connectivity index (χ1n) is 13.6. The van der Waals surface area contributed by atoms with Crippen LogP contribution in [0.5, 0.6) is 11.5 Å². The number of allylic oxidation sites excluding steroid dienone is 4. The zero-order valence-corrected chi connectivity index (χ0v) is 24.1. The Balaban J connectivity index is 1.47. The molecule has 0 radical (unpaired) electrons. The van der Waals surface area contributed by atoms with Crippen molar-refractivity contribution in [3.05, 3.63) is 164 Å². The molecule has 0 aromatic heterocycles. The summed E-state index contributed by atoms with van der Waals surface area (Å²) in [5.74, 6) is 1.53. The molecule has 0 heterocycles. The molecule has 0 saturated heterocycles. The second kappa shape index (κ2) is 12.2. The van der Waals surface area contributed by atoms with E-state index in [-0.39, 0.29) is 0 Å². The van der Waals surface area contributed by atoms with Gasteiger partial charge < -0.3 is 0 Å². The molecule has 0 fully saturated rings. The Labute approximate surface area is 238 Å². The van der Waals surface area contributed by atoms with Gasteiger partial charge in [0.05, 0.1) is 0 Å². The van der Waals surface area contributed by atoms with Crippen LogP contribution in [0.25, 0.3) is 0 Å². The third-order valence-electron chi connectivity index (χ3n) is 7.33. The van der Waals surface area contributed by atoms with Crippen LogP contribution in [0.3, 0.4) is 0 Å². The van der Waals surface area contributed by atoms with Crippen molar-refractivity contribution in [3.8, 4) is 11.5 Å². The molecule has 0 bridgehead atoms. The fourth-order valence-corrected chi connectivity index (χ4v) is 11.3. The topological polar surface area (TPSA) is 29.5 Å². The molecule has 5 aromatic carbocycles. The Morgan fingerprint density at radius 2 is 1.15 bits per heavy atom. The second-order valence-electron chi connectivity index (χ2n) is 9.83. The molecule has 1 N–H and O–H groups in total. The van der Waals surface area contributed by atoms with Crippen molar-refractivity contribution in [2.24, 2.45) is 0 Å². The Hall–Kier alpha value is -3.80. The number of rotatable bonds is 8. The minimum atomic E-state index is -3.36. The molecule has 40 heavy (non-hydrogen) atoms. The molecule has 0 aliphatic heterocycles. The molecule has 2 unspecified atom stereocenters. The van der Waals surface area contributed by atoms with Gasteiger partial charge in [-0.05, 0) is 0 Å². The van der Waals surface area contributed by atoms with E-state index in [2.05, 4.69) is 72.8 Å². The zero-order chi connectivity index (χ0) is 27.2. The Morgan fingerprint density at radius 1 is 0.600 bits per heavy atom. The molecule has 0 amide bonds. The van der Waals surface area contributed by atoms with Crippen molar-refractivity contribution >= 4 is 41.9 Å². The van der Waals surface area contributed by atoms with Gasteiger partial charge in [-0.2, -0.15) is 0 Å². The predicted molar refractivity (Wildman–Crippen MR) is 175 cm³/mol. The van der Waals surface area contributed by atoms with Crippen LogP contribution in [0.15, 0.2) is 164 Å². The number of hydrogen-bond donors (Lipinski definition) is 1. The van der Waals surface area contributed by atoms with E-state index >= 15 is 0 Å². The van der Waals surface area contributed by atoms with E-state index in [0.717, 1.165) is 28.1 Å². The van der Waals surface area contributed by atoms with Gasteiger partial charge in [-0.1, -0.05) is 0 Å². The Kier molecular flexibility index (Phi) is 8.03. The summed E-state index contributed by atoms with van der Waals surface area (Å²) in [6.45, 7) is 0. The van der Waals surface area contributed by atoms with Gasteiger partial charge in [0.1, 0.15) is 0 Å². The molecule has 198 valence electrons. The van der Waals surface area contributed by atoms with Crippen molar-refractivity contribution in [2.75, 3.05) is 0 Å². The van der Waals surface area contributed by atoms with Crippen molar-refractivity contribution in [1.29, 1.82) is 0 Å². The number of para-hydroxylation sites is 2. The maximum atomic E-state index is 12.7. The van der Waals surface area contributed by atoms with Crippen molar-refractivity contribution in [2.45, 2.75) is 12.1 Å². The third kappa shape index (κ3) is 5.32. The van der Waals surface area contributed by atoms with Gasteiger partial charge in [-0.25, -0.2) is 0 Å². The van der Waals surface area contributed by atoms with Gasteiger partial charge >= 0.3 is 239 Å². The third-order valence-corrected chi connectivity index (χ3v) is 13.6. The monoisotopic (exact) mass is 558 g/mol. The summed E-state index contributed by atoms with van der Waals surface area (Å²) < 4.78 is 6.87. The van der Waals surface area contributed by atoms with E-state index in [1.165, 1.54) is 10.6 Å².